The van der Waals surface area contributed by atoms with E-state index in [0.29, 0.717) is 10.6 Å². The molecule has 1 aliphatic rings. The number of ether oxygens (including phenoxy) is 1. The zero-order valence-electron chi connectivity index (χ0n) is 14.5. The Balaban J connectivity index is 1.50. The van der Waals surface area contributed by atoms with Crippen LogP contribution in [0.1, 0.15) is 15.9 Å². The van der Waals surface area contributed by atoms with Gasteiger partial charge >= 0.3 is 0 Å². The lowest BCUT2D eigenvalue weighted by atomic mass is 10.1. The topological polar surface area (TPSA) is 32.8 Å². The van der Waals surface area contributed by atoms with Crippen LogP contribution >= 0.6 is 11.6 Å². The van der Waals surface area contributed by atoms with Crippen molar-refractivity contribution in [1.82, 2.24) is 9.80 Å². The lowest BCUT2D eigenvalue weighted by molar-refractivity contribution is 0.0638. The molecule has 1 saturated heterocycles. The van der Waals surface area contributed by atoms with Gasteiger partial charge in [-0.3, -0.25) is 9.69 Å². The molecule has 0 radical (unpaired) electrons. The van der Waals surface area contributed by atoms with Gasteiger partial charge in [0.1, 0.15) is 5.75 Å². The zero-order chi connectivity index (χ0) is 17.6. The van der Waals surface area contributed by atoms with E-state index in [1.54, 1.807) is 19.2 Å². The number of hydrogen-bond acceptors (Lipinski definition) is 3. The first-order valence-electron chi connectivity index (χ1n) is 8.56. The number of piperazine rings is 1. The molecule has 0 atom stereocenters. The van der Waals surface area contributed by atoms with Crippen molar-refractivity contribution in [3.8, 4) is 5.75 Å². The molecule has 0 spiro atoms. The molecule has 0 aromatic heterocycles. The molecule has 0 saturated carbocycles. The Morgan fingerprint density at radius 2 is 1.84 bits per heavy atom. The first-order valence-corrected chi connectivity index (χ1v) is 8.94. The van der Waals surface area contributed by atoms with E-state index in [1.165, 1.54) is 5.56 Å². The monoisotopic (exact) mass is 358 g/mol. The summed E-state index contributed by atoms with van der Waals surface area (Å²) >= 11 is 6.14. The molecule has 2 aromatic rings. The summed E-state index contributed by atoms with van der Waals surface area (Å²) in [5.41, 5.74) is 1.86. The van der Waals surface area contributed by atoms with Gasteiger partial charge in [0.2, 0.25) is 0 Å². The number of halogens is 1. The van der Waals surface area contributed by atoms with Gasteiger partial charge in [0.15, 0.2) is 0 Å². The van der Waals surface area contributed by atoms with E-state index >= 15 is 0 Å². The van der Waals surface area contributed by atoms with Gasteiger partial charge in [-0.05, 0) is 36.2 Å². The minimum Gasteiger partial charge on any atom is -0.497 e. The highest BCUT2D eigenvalue weighted by Gasteiger charge is 2.23. The van der Waals surface area contributed by atoms with Crippen molar-refractivity contribution in [2.45, 2.75) is 6.42 Å². The van der Waals surface area contributed by atoms with Gasteiger partial charge in [-0.25, -0.2) is 0 Å². The lowest BCUT2D eigenvalue weighted by Gasteiger charge is -2.35. The van der Waals surface area contributed by atoms with E-state index in [0.717, 1.165) is 44.9 Å². The van der Waals surface area contributed by atoms with Crippen molar-refractivity contribution in [1.29, 1.82) is 0 Å². The highest BCUT2D eigenvalue weighted by molar-refractivity contribution is 6.33. The van der Waals surface area contributed by atoms with Gasteiger partial charge in [0, 0.05) is 32.7 Å². The van der Waals surface area contributed by atoms with Crippen molar-refractivity contribution in [3.05, 3.63) is 64.7 Å². The van der Waals surface area contributed by atoms with Gasteiger partial charge in [-0.2, -0.15) is 0 Å². The van der Waals surface area contributed by atoms with E-state index in [4.69, 9.17) is 16.3 Å². The number of nitrogens with zero attached hydrogens (tertiary/aromatic N) is 2. The van der Waals surface area contributed by atoms with Crippen LogP contribution in [-0.4, -0.2) is 55.5 Å². The maximum atomic E-state index is 12.6. The largest absolute Gasteiger partial charge is 0.497 e. The quantitative estimate of drug-likeness (QED) is 0.821. The molecular formula is C20H23ClN2O2. The van der Waals surface area contributed by atoms with Crippen molar-refractivity contribution < 1.29 is 9.53 Å². The van der Waals surface area contributed by atoms with Crippen molar-refractivity contribution in [3.63, 3.8) is 0 Å². The Hall–Kier alpha value is -2.04. The molecule has 1 heterocycles. The summed E-state index contributed by atoms with van der Waals surface area (Å²) < 4.78 is 5.27. The molecule has 0 aliphatic carbocycles. The molecule has 1 amide bonds. The normalized spacial score (nSPS) is 15.2. The Labute approximate surface area is 154 Å². The minimum absolute atomic E-state index is 0.0260. The summed E-state index contributed by atoms with van der Waals surface area (Å²) in [5, 5.41) is 0.521. The molecule has 1 fully saturated rings. The van der Waals surface area contributed by atoms with Crippen molar-refractivity contribution >= 4 is 17.5 Å². The number of carbonyl (C=O) groups is 1. The van der Waals surface area contributed by atoms with Gasteiger partial charge in [-0.1, -0.05) is 35.9 Å². The molecule has 25 heavy (non-hydrogen) atoms. The molecule has 132 valence electrons. The van der Waals surface area contributed by atoms with E-state index in [2.05, 4.69) is 17.0 Å². The van der Waals surface area contributed by atoms with Crippen LogP contribution < -0.4 is 4.74 Å². The average Bonchev–Trinajstić information content (AvgIpc) is 2.67. The molecule has 0 unspecified atom stereocenters. The number of rotatable bonds is 5. The predicted octanol–water partition coefficient (Wildman–Crippen LogP) is 3.35. The minimum atomic E-state index is 0.0260. The summed E-state index contributed by atoms with van der Waals surface area (Å²) in [6, 6.07) is 15.4. The predicted molar refractivity (Wildman–Crippen MR) is 100 cm³/mol. The second kappa shape index (κ2) is 8.37. The second-order valence-electron chi connectivity index (χ2n) is 6.22. The third kappa shape index (κ3) is 4.53. The smallest absolute Gasteiger partial charge is 0.255 e. The number of carbonyl (C=O) groups excluding carboxylic acids is 1. The molecular weight excluding hydrogens is 336 g/mol. The maximum absolute atomic E-state index is 12.6. The van der Waals surface area contributed by atoms with Crippen LogP contribution in [0.3, 0.4) is 0 Å². The van der Waals surface area contributed by atoms with E-state index in [9.17, 15) is 4.79 Å². The van der Waals surface area contributed by atoms with Crippen LogP contribution in [0.4, 0.5) is 0 Å². The molecule has 1 aliphatic heterocycles. The number of amides is 1. The fraction of sp³-hybridized carbons (Fsp3) is 0.350. The summed E-state index contributed by atoms with van der Waals surface area (Å²) in [6.45, 7) is 4.24. The standard InChI is InChI=1S/C20H23ClN2O2/c1-25-17-6-4-5-16(15-17)9-10-22-11-13-23(14-12-22)20(24)18-7-2-3-8-19(18)21/h2-8,15H,9-14H2,1H3. The molecule has 2 aromatic carbocycles. The summed E-state index contributed by atoms with van der Waals surface area (Å²) in [4.78, 5) is 16.9. The van der Waals surface area contributed by atoms with Crippen LogP contribution in [0.15, 0.2) is 48.5 Å². The Bertz CT molecular complexity index is 727. The van der Waals surface area contributed by atoms with Crippen LogP contribution in [0.5, 0.6) is 5.75 Å². The van der Waals surface area contributed by atoms with Gasteiger partial charge in [0.25, 0.3) is 5.91 Å². The molecule has 4 nitrogen and oxygen atoms in total. The van der Waals surface area contributed by atoms with Gasteiger partial charge in [0.05, 0.1) is 17.7 Å². The highest BCUT2D eigenvalue weighted by Crippen LogP contribution is 2.18. The average molecular weight is 359 g/mol. The van der Waals surface area contributed by atoms with Crippen LogP contribution in [0.25, 0.3) is 0 Å². The lowest BCUT2D eigenvalue weighted by Crippen LogP contribution is -2.49. The Kier molecular flexibility index (Phi) is 5.95. The van der Waals surface area contributed by atoms with Crippen LogP contribution in [0.2, 0.25) is 5.02 Å². The molecule has 0 bridgehead atoms. The van der Waals surface area contributed by atoms with Crippen molar-refractivity contribution in [2.24, 2.45) is 0 Å². The summed E-state index contributed by atoms with van der Waals surface area (Å²) in [5.74, 6) is 0.922. The summed E-state index contributed by atoms with van der Waals surface area (Å²) in [7, 11) is 1.69. The third-order valence-electron chi connectivity index (χ3n) is 4.61. The third-order valence-corrected chi connectivity index (χ3v) is 4.94. The van der Waals surface area contributed by atoms with Gasteiger partial charge < -0.3 is 9.64 Å². The first kappa shape index (κ1) is 17.8. The maximum Gasteiger partial charge on any atom is 0.255 e. The van der Waals surface area contributed by atoms with E-state index < -0.39 is 0 Å². The molecule has 0 N–H and O–H groups in total. The van der Waals surface area contributed by atoms with Gasteiger partial charge in [-0.15, -0.1) is 0 Å². The fourth-order valence-electron chi connectivity index (χ4n) is 3.09. The SMILES string of the molecule is COc1cccc(CCN2CCN(C(=O)c3ccccc3Cl)CC2)c1. The molecule has 5 heteroatoms. The zero-order valence-corrected chi connectivity index (χ0v) is 15.2. The number of benzene rings is 2. The Morgan fingerprint density at radius 1 is 1.08 bits per heavy atom. The fourth-order valence-corrected chi connectivity index (χ4v) is 3.31. The van der Waals surface area contributed by atoms with Crippen molar-refractivity contribution in [2.75, 3.05) is 39.8 Å². The number of hydrogen-bond donors (Lipinski definition) is 0. The summed E-state index contributed by atoms with van der Waals surface area (Å²) in [6.07, 6.45) is 0.982. The molecule has 3 rings (SSSR count). The first-order chi connectivity index (χ1) is 12.2. The number of methoxy groups -OCH3 is 1. The highest BCUT2D eigenvalue weighted by atomic mass is 35.5. The van der Waals surface area contributed by atoms with E-state index in [1.807, 2.05) is 29.2 Å². The Morgan fingerprint density at radius 3 is 2.56 bits per heavy atom. The van der Waals surface area contributed by atoms with Crippen LogP contribution in [0, 0.1) is 0 Å². The van der Waals surface area contributed by atoms with E-state index in [-0.39, 0.29) is 5.91 Å². The second-order valence-corrected chi connectivity index (χ2v) is 6.62. The van der Waals surface area contributed by atoms with Crippen LogP contribution in [-0.2, 0) is 6.42 Å².